The van der Waals surface area contributed by atoms with Crippen molar-refractivity contribution in [3.05, 3.63) is 29.8 Å². The number of para-hydroxylation sites is 1. The van der Waals surface area contributed by atoms with Gasteiger partial charge in [0.25, 0.3) is 0 Å². The Labute approximate surface area is 90.6 Å². The van der Waals surface area contributed by atoms with Crippen LogP contribution in [-0.4, -0.2) is 18.1 Å². The van der Waals surface area contributed by atoms with Gasteiger partial charge >= 0.3 is 6.36 Å². The van der Waals surface area contributed by atoms with Gasteiger partial charge < -0.3 is 15.6 Å². The van der Waals surface area contributed by atoms with Crippen molar-refractivity contribution in [1.29, 1.82) is 0 Å². The van der Waals surface area contributed by atoms with Crippen molar-refractivity contribution in [2.24, 2.45) is 5.73 Å². The monoisotopic (exact) mass is 235 g/mol. The molecule has 0 saturated heterocycles. The fourth-order valence-corrected chi connectivity index (χ4v) is 1.24. The highest BCUT2D eigenvalue weighted by molar-refractivity contribution is 5.38. The van der Waals surface area contributed by atoms with Crippen LogP contribution in [0.3, 0.4) is 0 Å². The lowest BCUT2D eigenvalue weighted by atomic mass is 9.93. The minimum absolute atomic E-state index is 0.106. The van der Waals surface area contributed by atoms with E-state index in [0.717, 1.165) is 6.07 Å². The lowest BCUT2D eigenvalue weighted by Crippen LogP contribution is -2.37. The van der Waals surface area contributed by atoms with Crippen LogP contribution in [0, 0.1) is 0 Å². The van der Waals surface area contributed by atoms with Crippen molar-refractivity contribution in [3.8, 4) is 5.75 Å². The van der Waals surface area contributed by atoms with Gasteiger partial charge in [-0.25, -0.2) is 0 Å². The Balaban J connectivity index is 3.11. The highest BCUT2D eigenvalue weighted by Gasteiger charge is 2.34. The van der Waals surface area contributed by atoms with Crippen molar-refractivity contribution < 1.29 is 23.0 Å². The normalized spacial score (nSPS) is 15.6. The first-order chi connectivity index (χ1) is 7.26. The van der Waals surface area contributed by atoms with Gasteiger partial charge in [-0.3, -0.25) is 0 Å². The summed E-state index contributed by atoms with van der Waals surface area (Å²) in [6, 6.07) is 5.47. The molecule has 1 unspecified atom stereocenters. The molecule has 0 aliphatic rings. The van der Waals surface area contributed by atoms with Gasteiger partial charge in [0.2, 0.25) is 0 Å². The molecule has 0 saturated carbocycles. The summed E-state index contributed by atoms with van der Waals surface area (Å²) >= 11 is 0. The van der Waals surface area contributed by atoms with E-state index in [1.807, 2.05) is 0 Å². The molecule has 1 atom stereocenters. The van der Waals surface area contributed by atoms with Gasteiger partial charge in [-0.2, -0.15) is 0 Å². The number of aliphatic hydroxyl groups is 1. The molecule has 0 heterocycles. The molecule has 0 bridgehead atoms. The topological polar surface area (TPSA) is 55.5 Å². The van der Waals surface area contributed by atoms with E-state index in [0.29, 0.717) is 0 Å². The lowest BCUT2D eigenvalue weighted by molar-refractivity contribution is -0.275. The Morgan fingerprint density at radius 1 is 1.31 bits per heavy atom. The van der Waals surface area contributed by atoms with Crippen molar-refractivity contribution >= 4 is 0 Å². The molecule has 16 heavy (non-hydrogen) atoms. The van der Waals surface area contributed by atoms with Gasteiger partial charge in [0.15, 0.2) is 0 Å². The van der Waals surface area contributed by atoms with Crippen molar-refractivity contribution in [3.63, 3.8) is 0 Å². The molecule has 0 fully saturated rings. The predicted molar refractivity (Wildman–Crippen MR) is 51.8 cm³/mol. The maximum absolute atomic E-state index is 12.1. The molecule has 0 aliphatic heterocycles. The third-order valence-electron chi connectivity index (χ3n) is 2.06. The highest BCUT2D eigenvalue weighted by atomic mass is 19.4. The fourth-order valence-electron chi connectivity index (χ4n) is 1.24. The van der Waals surface area contributed by atoms with Crippen LogP contribution >= 0.6 is 0 Å². The first kappa shape index (κ1) is 12.8. The summed E-state index contributed by atoms with van der Waals surface area (Å²) in [5, 5.41) is 9.01. The second-order valence-electron chi connectivity index (χ2n) is 3.62. The number of benzene rings is 1. The van der Waals surface area contributed by atoms with Gasteiger partial charge in [-0.05, 0) is 13.0 Å². The van der Waals surface area contributed by atoms with E-state index in [2.05, 4.69) is 4.74 Å². The minimum atomic E-state index is -4.78. The van der Waals surface area contributed by atoms with Crippen LogP contribution in [0.2, 0.25) is 0 Å². The van der Waals surface area contributed by atoms with Crippen LogP contribution in [0.5, 0.6) is 5.75 Å². The first-order valence-electron chi connectivity index (χ1n) is 4.51. The molecule has 3 nitrogen and oxygen atoms in total. The molecule has 0 radical (unpaired) electrons. The van der Waals surface area contributed by atoms with E-state index < -0.39 is 24.3 Å². The average Bonchev–Trinajstić information content (AvgIpc) is 2.16. The van der Waals surface area contributed by atoms with Crippen molar-refractivity contribution in [2.45, 2.75) is 18.8 Å². The quantitative estimate of drug-likeness (QED) is 0.839. The molecule has 0 aliphatic carbocycles. The third-order valence-corrected chi connectivity index (χ3v) is 2.06. The molecule has 3 N–H and O–H groups in total. The summed E-state index contributed by atoms with van der Waals surface area (Å²) < 4.78 is 40.1. The molecule has 90 valence electrons. The third kappa shape index (κ3) is 3.11. The Bertz CT molecular complexity index is 363. The van der Waals surface area contributed by atoms with E-state index in [9.17, 15) is 13.2 Å². The Kier molecular flexibility index (Phi) is 3.44. The summed E-state index contributed by atoms with van der Waals surface area (Å²) in [6.07, 6.45) is -4.78. The zero-order valence-corrected chi connectivity index (χ0v) is 8.58. The number of halogens is 3. The molecule has 0 amide bonds. The largest absolute Gasteiger partial charge is 0.573 e. The van der Waals surface area contributed by atoms with Gasteiger partial charge in [0, 0.05) is 5.56 Å². The zero-order chi connectivity index (χ0) is 12.4. The number of hydrogen-bond acceptors (Lipinski definition) is 3. The molecule has 0 aromatic heterocycles. The molecule has 1 rings (SSSR count). The van der Waals surface area contributed by atoms with Gasteiger partial charge in [-0.1, -0.05) is 18.2 Å². The summed E-state index contributed by atoms with van der Waals surface area (Å²) in [6.45, 7) is 0.941. The lowest BCUT2D eigenvalue weighted by Gasteiger charge is -2.25. The van der Waals surface area contributed by atoms with Crippen LogP contribution in [-0.2, 0) is 5.54 Å². The van der Waals surface area contributed by atoms with Gasteiger partial charge in [-0.15, -0.1) is 13.2 Å². The van der Waals surface area contributed by atoms with Crippen molar-refractivity contribution in [1.82, 2.24) is 0 Å². The number of hydrogen-bond donors (Lipinski definition) is 2. The Morgan fingerprint density at radius 2 is 1.88 bits per heavy atom. The smallest absolute Gasteiger partial charge is 0.405 e. The average molecular weight is 235 g/mol. The maximum Gasteiger partial charge on any atom is 0.573 e. The van der Waals surface area contributed by atoms with Crippen LogP contribution in [0.4, 0.5) is 13.2 Å². The maximum atomic E-state index is 12.1. The molecule has 1 aromatic carbocycles. The number of rotatable bonds is 3. The number of aliphatic hydroxyl groups excluding tert-OH is 1. The van der Waals surface area contributed by atoms with E-state index in [-0.39, 0.29) is 5.56 Å². The molecule has 6 heteroatoms. The van der Waals surface area contributed by atoms with E-state index in [4.69, 9.17) is 10.8 Å². The molecular weight excluding hydrogens is 223 g/mol. The predicted octanol–water partition coefficient (Wildman–Crippen LogP) is 1.75. The Hall–Kier alpha value is -1.27. The zero-order valence-electron chi connectivity index (χ0n) is 8.58. The van der Waals surface area contributed by atoms with Crippen LogP contribution < -0.4 is 10.5 Å². The summed E-state index contributed by atoms with van der Waals surface area (Å²) in [5.74, 6) is -0.394. The standard InChI is InChI=1S/C10H12F3NO2/c1-9(14,6-15)7-4-2-3-5-8(7)16-10(11,12)13/h2-5,15H,6,14H2,1H3. The second kappa shape index (κ2) is 4.31. The van der Waals surface area contributed by atoms with Crippen LogP contribution in [0.15, 0.2) is 24.3 Å². The van der Waals surface area contributed by atoms with E-state index in [1.54, 1.807) is 0 Å². The minimum Gasteiger partial charge on any atom is -0.405 e. The summed E-state index contributed by atoms with van der Waals surface area (Å²) in [7, 11) is 0. The number of ether oxygens (including phenoxy) is 1. The second-order valence-corrected chi connectivity index (χ2v) is 3.62. The summed E-state index contributed by atoms with van der Waals surface area (Å²) in [5.41, 5.74) is 4.49. The van der Waals surface area contributed by atoms with Crippen molar-refractivity contribution in [2.75, 3.05) is 6.61 Å². The van der Waals surface area contributed by atoms with Crippen LogP contribution in [0.25, 0.3) is 0 Å². The molecular formula is C10H12F3NO2. The summed E-state index contributed by atoms with van der Waals surface area (Å²) in [4.78, 5) is 0. The molecule has 1 aromatic rings. The van der Waals surface area contributed by atoms with Gasteiger partial charge in [0.05, 0.1) is 12.1 Å². The Morgan fingerprint density at radius 3 is 2.38 bits per heavy atom. The first-order valence-corrected chi connectivity index (χ1v) is 4.51. The highest BCUT2D eigenvalue weighted by Crippen LogP contribution is 2.31. The number of alkyl halides is 3. The fraction of sp³-hybridized carbons (Fsp3) is 0.400. The molecule has 0 spiro atoms. The van der Waals surface area contributed by atoms with E-state index in [1.165, 1.54) is 25.1 Å². The number of nitrogens with two attached hydrogens (primary N) is 1. The van der Waals surface area contributed by atoms with Gasteiger partial charge in [0.1, 0.15) is 5.75 Å². The SMILES string of the molecule is CC(N)(CO)c1ccccc1OC(F)(F)F. The van der Waals surface area contributed by atoms with E-state index >= 15 is 0 Å². The van der Waals surface area contributed by atoms with Crippen LogP contribution in [0.1, 0.15) is 12.5 Å².